The van der Waals surface area contributed by atoms with Crippen molar-refractivity contribution >= 4 is 11.8 Å². The number of rotatable bonds is 7. The molecule has 1 aliphatic heterocycles. The minimum absolute atomic E-state index is 0.0286. The van der Waals surface area contributed by atoms with E-state index in [1.165, 1.54) is 0 Å². The summed E-state index contributed by atoms with van der Waals surface area (Å²) in [5.74, 6) is 0.985. The van der Waals surface area contributed by atoms with Crippen LogP contribution < -0.4 is 5.32 Å². The highest BCUT2D eigenvalue weighted by Crippen LogP contribution is 2.18. The van der Waals surface area contributed by atoms with Gasteiger partial charge in [0.2, 0.25) is 11.8 Å². The highest BCUT2D eigenvalue weighted by molar-refractivity contribution is 5.79. The van der Waals surface area contributed by atoms with Crippen LogP contribution in [0, 0.1) is 5.92 Å². The molecular formula is C21H27N3O3. The summed E-state index contributed by atoms with van der Waals surface area (Å²) in [6.07, 6.45) is 3.19. The molecule has 1 N–H and O–H groups in total. The quantitative estimate of drug-likeness (QED) is 0.813. The van der Waals surface area contributed by atoms with Gasteiger partial charge in [0.05, 0.1) is 19.4 Å². The van der Waals surface area contributed by atoms with E-state index in [2.05, 4.69) is 10.2 Å². The van der Waals surface area contributed by atoms with Crippen LogP contribution in [0.25, 0.3) is 0 Å². The first-order valence-electron chi connectivity index (χ1n) is 9.42. The number of carbonyl (C=O) groups is 2. The van der Waals surface area contributed by atoms with Gasteiger partial charge >= 0.3 is 0 Å². The Labute approximate surface area is 160 Å². The predicted octanol–water partition coefficient (Wildman–Crippen LogP) is 2.27. The van der Waals surface area contributed by atoms with Crippen molar-refractivity contribution in [1.82, 2.24) is 15.1 Å². The van der Waals surface area contributed by atoms with Crippen molar-refractivity contribution in [3.05, 3.63) is 60.1 Å². The number of likely N-dealkylation sites (tertiary alicyclic amines) is 1. The van der Waals surface area contributed by atoms with Crippen molar-refractivity contribution in [2.24, 2.45) is 5.92 Å². The zero-order chi connectivity index (χ0) is 19.1. The average molecular weight is 369 g/mol. The zero-order valence-corrected chi connectivity index (χ0v) is 15.8. The molecule has 0 bridgehead atoms. The summed E-state index contributed by atoms with van der Waals surface area (Å²) in [6, 6.07) is 13.6. The molecular weight excluding hydrogens is 342 g/mol. The van der Waals surface area contributed by atoms with Gasteiger partial charge in [-0.3, -0.25) is 14.5 Å². The molecule has 27 heavy (non-hydrogen) atoms. The molecule has 3 rings (SSSR count). The zero-order valence-electron chi connectivity index (χ0n) is 15.8. The van der Waals surface area contributed by atoms with Crippen LogP contribution in [-0.4, -0.2) is 48.3 Å². The Kier molecular flexibility index (Phi) is 6.65. The largest absolute Gasteiger partial charge is 0.467 e. The van der Waals surface area contributed by atoms with Crippen LogP contribution in [0.5, 0.6) is 0 Å². The summed E-state index contributed by atoms with van der Waals surface area (Å²) < 4.78 is 5.29. The molecule has 0 unspecified atom stereocenters. The third kappa shape index (κ3) is 5.69. The summed E-state index contributed by atoms with van der Waals surface area (Å²) in [4.78, 5) is 28.6. The fourth-order valence-electron chi connectivity index (χ4n) is 3.32. The van der Waals surface area contributed by atoms with Crippen molar-refractivity contribution < 1.29 is 14.0 Å². The first-order chi connectivity index (χ1) is 13.1. The second kappa shape index (κ2) is 9.37. The molecule has 0 aliphatic carbocycles. The van der Waals surface area contributed by atoms with E-state index in [0.29, 0.717) is 19.6 Å². The monoisotopic (exact) mass is 369 g/mol. The maximum Gasteiger partial charge on any atom is 0.236 e. The molecule has 0 spiro atoms. The van der Waals surface area contributed by atoms with Crippen molar-refractivity contribution in [1.29, 1.82) is 0 Å². The molecule has 144 valence electrons. The number of carbonyl (C=O) groups excluding carboxylic acids is 2. The molecule has 1 aromatic carbocycles. The standard InChI is InChI=1S/C21H27N3O3/c1-23(15-19-8-5-13-27-19)20(25)16-24-11-9-18(10-12-24)21(26)22-14-17-6-3-2-4-7-17/h2-8,13,18H,9-12,14-16H2,1H3,(H,22,26). The van der Waals surface area contributed by atoms with E-state index in [9.17, 15) is 9.59 Å². The summed E-state index contributed by atoms with van der Waals surface area (Å²) in [5.41, 5.74) is 1.11. The molecule has 6 heteroatoms. The molecule has 2 heterocycles. The lowest BCUT2D eigenvalue weighted by atomic mass is 9.96. The van der Waals surface area contributed by atoms with E-state index in [-0.39, 0.29) is 17.7 Å². The number of nitrogens with one attached hydrogen (secondary N) is 1. The van der Waals surface area contributed by atoms with Crippen LogP contribution in [0.4, 0.5) is 0 Å². The Balaban J connectivity index is 1.38. The number of piperidine rings is 1. The molecule has 6 nitrogen and oxygen atoms in total. The Morgan fingerprint density at radius 1 is 1.15 bits per heavy atom. The van der Waals surface area contributed by atoms with Crippen LogP contribution in [0.1, 0.15) is 24.2 Å². The maximum atomic E-state index is 12.4. The molecule has 0 atom stereocenters. The van der Waals surface area contributed by atoms with Gasteiger partial charge in [0, 0.05) is 19.5 Å². The lowest BCUT2D eigenvalue weighted by Gasteiger charge is -2.31. The van der Waals surface area contributed by atoms with Gasteiger partial charge in [-0.05, 0) is 43.6 Å². The predicted molar refractivity (Wildman–Crippen MR) is 103 cm³/mol. The van der Waals surface area contributed by atoms with E-state index in [1.807, 2.05) is 42.5 Å². The number of hydrogen-bond acceptors (Lipinski definition) is 4. The molecule has 1 aliphatic rings. The van der Waals surface area contributed by atoms with E-state index in [1.54, 1.807) is 18.2 Å². The number of nitrogens with zero attached hydrogens (tertiary/aromatic N) is 2. The van der Waals surface area contributed by atoms with E-state index in [0.717, 1.165) is 37.3 Å². The highest BCUT2D eigenvalue weighted by Gasteiger charge is 2.26. The third-order valence-corrected chi connectivity index (χ3v) is 5.03. The Morgan fingerprint density at radius 2 is 1.89 bits per heavy atom. The van der Waals surface area contributed by atoms with E-state index < -0.39 is 0 Å². The van der Waals surface area contributed by atoms with Gasteiger partial charge < -0.3 is 14.6 Å². The van der Waals surface area contributed by atoms with Crippen molar-refractivity contribution in [3.8, 4) is 0 Å². The first kappa shape index (κ1) is 19.2. The Bertz CT molecular complexity index is 722. The molecule has 0 saturated carbocycles. The second-order valence-electron chi connectivity index (χ2n) is 7.08. The molecule has 2 aromatic rings. The summed E-state index contributed by atoms with van der Waals surface area (Å²) in [6.45, 7) is 2.96. The minimum atomic E-state index is 0.0286. The van der Waals surface area contributed by atoms with Crippen molar-refractivity contribution in [2.75, 3.05) is 26.7 Å². The average Bonchev–Trinajstić information content (AvgIpc) is 3.20. The fourth-order valence-corrected chi connectivity index (χ4v) is 3.32. The Morgan fingerprint density at radius 3 is 2.56 bits per heavy atom. The summed E-state index contributed by atoms with van der Waals surface area (Å²) in [5, 5.41) is 3.02. The highest BCUT2D eigenvalue weighted by atomic mass is 16.3. The van der Waals surface area contributed by atoms with Gasteiger partial charge in [-0.2, -0.15) is 0 Å². The van der Waals surface area contributed by atoms with E-state index in [4.69, 9.17) is 4.42 Å². The second-order valence-corrected chi connectivity index (χ2v) is 7.08. The molecule has 2 amide bonds. The first-order valence-corrected chi connectivity index (χ1v) is 9.42. The van der Waals surface area contributed by atoms with E-state index >= 15 is 0 Å². The third-order valence-electron chi connectivity index (χ3n) is 5.03. The van der Waals surface area contributed by atoms with Crippen LogP contribution in [0.15, 0.2) is 53.1 Å². The smallest absolute Gasteiger partial charge is 0.236 e. The van der Waals surface area contributed by atoms with Gasteiger partial charge in [0.1, 0.15) is 5.76 Å². The van der Waals surface area contributed by atoms with Crippen LogP contribution in [0.2, 0.25) is 0 Å². The number of amides is 2. The topological polar surface area (TPSA) is 65.8 Å². The maximum absolute atomic E-state index is 12.4. The number of benzene rings is 1. The van der Waals surface area contributed by atoms with Gasteiger partial charge in [-0.1, -0.05) is 30.3 Å². The number of hydrogen-bond donors (Lipinski definition) is 1. The molecule has 1 saturated heterocycles. The van der Waals surface area contributed by atoms with Gasteiger partial charge in [0.15, 0.2) is 0 Å². The minimum Gasteiger partial charge on any atom is -0.467 e. The van der Waals surface area contributed by atoms with Crippen molar-refractivity contribution in [2.45, 2.75) is 25.9 Å². The van der Waals surface area contributed by atoms with Gasteiger partial charge in [-0.25, -0.2) is 0 Å². The van der Waals surface area contributed by atoms with Crippen LogP contribution in [0.3, 0.4) is 0 Å². The van der Waals surface area contributed by atoms with Gasteiger partial charge in [0.25, 0.3) is 0 Å². The van der Waals surface area contributed by atoms with Gasteiger partial charge in [-0.15, -0.1) is 0 Å². The number of likely N-dealkylation sites (N-methyl/N-ethyl adjacent to an activating group) is 1. The molecule has 0 radical (unpaired) electrons. The molecule has 1 fully saturated rings. The van der Waals surface area contributed by atoms with Crippen LogP contribution >= 0.6 is 0 Å². The normalized spacial score (nSPS) is 15.4. The lowest BCUT2D eigenvalue weighted by molar-refractivity contribution is -0.132. The summed E-state index contributed by atoms with van der Waals surface area (Å²) in [7, 11) is 1.79. The lowest BCUT2D eigenvalue weighted by Crippen LogP contribution is -2.44. The van der Waals surface area contributed by atoms with Crippen LogP contribution in [-0.2, 0) is 22.7 Å². The fraction of sp³-hybridized carbons (Fsp3) is 0.429. The molecule has 1 aromatic heterocycles. The summed E-state index contributed by atoms with van der Waals surface area (Å²) >= 11 is 0. The Hall–Kier alpha value is -2.60. The SMILES string of the molecule is CN(Cc1ccco1)C(=O)CN1CCC(C(=O)NCc2ccccc2)CC1. The number of furan rings is 1. The van der Waals surface area contributed by atoms with Crippen molar-refractivity contribution in [3.63, 3.8) is 0 Å².